The Balaban J connectivity index is 1.52. The maximum absolute atomic E-state index is 12.9. The van der Waals surface area contributed by atoms with Gasteiger partial charge in [-0.25, -0.2) is 4.98 Å². The SMILES string of the molecule is Cc1ccc2c(c1)CN(CC(=O)N(C)Cc1nccn1C)CC(c1ccsc1)O2. The van der Waals surface area contributed by atoms with E-state index in [4.69, 9.17) is 4.74 Å². The third-order valence-corrected chi connectivity index (χ3v) is 6.00. The summed E-state index contributed by atoms with van der Waals surface area (Å²) in [4.78, 5) is 21.2. The highest BCUT2D eigenvalue weighted by atomic mass is 32.1. The lowest BCUT2D eigenvalue weighted by Gasteiger charge is -2.25. The van der Waals surface area contributed by atoms with E-state index >= 15 is 0 Å². The molecule has 0 aliphatic carbocycles. The van der Waals surface area contributed by atoms with Crippen LogP contribution in [0.4, 0.5) is 0 Å². The van der Waals surface area contributed by atoms with Crippen LogP contribution in [0, 0.1) is 6.92 Å². The van der Waals surface area contributed by atoms with E-state index in [1.807, 2.05) is 30.9 Å². The summed E-state index contributed by atoms with van der Waals surface area (Å²) in [5.41, 5.74) is 3.48. The molecule has 3 aromatic rings. The highest BCUT2D eigenvalue weighted by Gasteiger charge is 2.27. The fourth-order valence-corrected chi connectivity index (χ4v) is 4.29. The van der Waals surface area contributed by atoms with Gasteiger partial charge in [-0.05, 0) is 29.8 Å². The normalized spacial score (nSPS) is 16.7. The molecular weight excluding hydrogens is 384 g/mol. The van der Waals surface area contributed by atoms with Crippen molar-refractivity contribution >= 4 is 17.2 Å². The number of amides is 1. The van der Waals surface area contributed by atoms with Gasteiger partial charge in [0, 0.05) is 50.7 Å². The number of ether oxygens (including phenoxy) is 1. The summed E-state index contributed by atoms with van der Waals surface area (Å²) in [6, 6.07) is 8.37. The molecule has 29 heavy (non-hydrogen) atoms. The Morgan fingerprint density at radius 2 is 2.24 bits per heavy atom. The minimum Gasteiger partial charge on any atom is -0.484 e. The van der Waals surface area contributed by atoms with Crippen LogP contribution in [-0.4, -0.2) is 45.4 Å². The third-order valence-electron chi connectivity index (χ3n) is 5.30. The molecule has 0 saturated carbocycles. The number of benzene rings is 1. The molecule has 0 fully saturated rings. The summed E-state index contributed by atoms with van der Waals surface area (Å²) in [7, 11) is 3.78. The van der Waals surface area contributed by atoms with Crippen molar-refractivity contribution in [3.63, 3.8) is 0 Å². The first-order chi connectivity index (χ1) is 14.0. The fraction of sp³-hybridized carbons (Fsp3) is 0.364. The number of nitrogens with zero attached hydrogens (tertiary/aromatic N) is 4. The molecule has 1 amide bonds. The van der Waals surface area contributed by atoms with Gasteiger partial charge in [0.05, 0.1) is 13.1 Å². The van der Waals surface area contributed by atoms with Crippen LogP contribution in [0.2, 0.25) is 0 Å². The number of thiophene rings is 1. The van der Waals surface area contributed by atoms with Crippen molar-refractivity contribution in [1.29, 1.82) is 0 Å². The zero-order valence-corrected chi connectivity index (χ0v) is 17.9. The average molecular weight is 411 g/mol. The predicted molar refractivity (Wildman–Crippen MR) is 114 cm³/mol. The number of aryl methyl sites for hydroxylation is 2. The summed E-state index contributed by atoms with van der Waals surface area (Å²) in [5, 5.41) is 4.19. The predicted octanol–water partition coefficient (Wildman–Crippen LogP) is 3.38. The van der Waals surface area contributed by atoms with Gasteiger partial charge in [-0.1, -0.05) is 17.7 Å². The van der Waals surface area contributed by atoms with Crippen LogP contribution in [0.15, 0.2) is 47.4 Å². The second-order valence-corrected chi connectivity index (χ2v) is 8.43. The zero-order valence-electron chi connectivity index (χ0n) is 17.0. The quantitative estimate of drug-likeness (QED) is 0.647. The topological polar surface area (TPSA) is 50.6 Å². The van der Waals surface area contributed by atoms with Crippen molar-refractivity contribution in [2.45, 2.75) is 26.1 Å². The molecule has 0 bridgehead atoms. The molecule has 4 rings (SSSR count). The molecule has 6 nitrogen and oxygen atoms in total. The van der Waals surface area contributed by atoms with E-state index in [2.05, 4.69) is 45.8 Å². The van der Waals surface area contributed by atoms with Crippen LogP contribution < -0.4 is 4.74 Å². The molecule has 1 atom stereocenters. The third kappa shape index (κ3) is 4.52. The molecule has 1 aromatic carbocycles. The van der Waals surface area contributed by atoms with Gasteiger partial charge in [0.25, 0.3) is 0 Å². The number of carbonyl (C=O) groups is 1. The fourth-order valence-electron chi connectivity index (χ4n) is 3.59. The number of likely N-dealkylation sites (N-methyl/N-ethyl adjacent to an activating group) is 1. The first-order valence-electron chi connectivity index (χ1n) is 9.70. The van der Waals surface area contributed by atoms with E-state index in [1.54, 1.807) is 22.4 Å². The lowest BCUT2D eigenvalue weighted by atomic mass is 10.1. The first-order valence-corrected chi connectivity index (χ1v) is 10.6. The minimum absolute atomic E-state index is 0.0770. The molecule has 1 aliphatic heterocycles. The van der Waals surface area contributed by atoms with Crippen molar-refractivity contribution in [2.75, 3.05) is 20.1 Å². The van der Waals surface area contributed by atoms with Gasteiger partial charge in [-0.3, -0.25) is 9.69 Å². The van der Waals surface area contributed by atoms with Gasteiger partial charge < -0.3 is 14.2 Å². The van der Waals surface area contributed by atoms with E-state index < -0.39 is 0 Å². The van der Waals surface area contributed by atoms with Crippen LogP contribution >= 0.6 is 11.3 Å². The number of aromatic nitrogens is 2. The van der Waals surface area contributed by atoms with Gasteiger partial charge >= 0.3 is 0 Å². The first kappa shape index (κ1) is 19.7. The lowest BCUT2D eigenvalue weighted by Crippen LogP contribution is -2.39. The number of hydrogen-bond acceptors (Lipinski definition) is 5. The van der Waals surface area contributed by atoms with Crippen molar-refractivity contribution in [3.8, 4) is 5.75 Å². The minimum atomic E-state index is -0.0853. The second-order valence-electron chi connectivity index (χ2n) is 7.65. The van der Waals surface area contributed by atoms with E-state index in [-0.39, 0.29) is 12.0 Å². The van der Waals surface area contributed by atoms with Crippen LogP contribution in [-0.2, 0) is 24.9 Å². The van der Waals surface area contributed by atoms with Crippen LogP contribution in [0.5, 0.6) is 5.75 Å². The zero-order chi connectivity index (χ0) is 20.4. The van der Waals surface area contributed by atoms with Crippen molar-refractivity contribution in [2.24, 2.45) is 7.05 Å². The Morgan fingerprint density at radius 1 is 1.38 bits per heavy atom. The van der Waals surface area contributed by atoms with E-state index in [0.29, 0.717) is 26.2 Å². The summed E-state index contributed by atoms with van der Waals surface area (Å²) in [6.45, 7) is 4.29. The van der Waals surface area contributed by atoms with Crippen LogP contribution in [0.25, 0.3) is 0 Å². The summed E-state index contributed by atoms with van der Waals surface area (Å²) >= 11 is 1.66. The Morgan fingerprint density at radius 3 is 2.97 bits per heavy atom. The number of imidazole rings is 1. The standard InChI is InChI=1S/C22H26N4O2S/c1-16-4-5-19-18(10-16)11-26(12-20(28-19)17-6-9-29-15-17)14-22(27)25(3)13-21-23-7-8-24(21)2/h4-10,15,20H,11-14H2,1-3H3. The van der Waals surface area contributed by atoms with E-state index in [9.17, 15) is 4.79 Å². The molecule has 1 unspecified atom stereocenters. The van der Waals surface area contributed by atoms with Crippen molar-refractivity contribution in [1.82, 2.24) is 19.4 Å². The number of fused-ring (bicyclic) bond motifs is 1. The second kappa shape index (κ2) is 8.39. The Kier molecular flexibility index (Phi) is 5.69. The van der Waals surface area contributed by atoms with Crippen LogP contribution in [0.1, 0.15) is 28.6 Å². The average Bonchev–Trinajstić information content (AvgIpc) is 3.32. The summed E-state index contributed by atoms with van der Waals surface area (Å²) in [6.07, 6.45) is 3.56. The smallest absolute Gasteiger partial charge is 0.236 e. The monoisotopic (exact) mass is 410 g/mol. The molecule has 152 valence electrons. The molecular formula is C22H26N4O2S. The molecule has 0 N–H and O–H groups in total. The van der Waals surface area contributed by atoms with Crippen molar-refractivity contribution in [3.05, 3.63) is 69.9 Å². The number of carbonyl (C=O) groups excluding carboxylic acids is 1. The highest BCUT2D eigenvalue weighted by Crippen LogP contribution is 2.32. The summed E-state index contributed by atoms with van der Waals surface area (Å²) < 4.78 is 8.30. The van der Waals surface area contributed by atoms with Gasteiger partial charge in [-0.2, -0.15) is 11.3 Å². The Hall–Kier alpha value is -2.64. The molecule has 0 spiro atoms. The molecule has 1 aliphatic rings. The largest absolute Gasteiger partial charge is 0.484 e. The van der Waals surface area contributed by atoms with Gasteiger partial charge in [0.15, 0.2) is 0 Å². The molecule has 0 radical (unpaired) electrons. The molecule has 2 aromatic heterocycles. The Labute approximate surface area is 175 Å². The lowest BCUT2D eigenvalue weighted by molar-refractivity contribution is -0.132. The van der Waals surface area contributed by atoms with Crippen LogP contribution in [0.3, 0.4) is 0 Å². The molecule has 0 saturated heterocycles. The van der Waals surface area contributed by atoms with Gasteiger partial charge in [0.2, 0.25) is 5.91 Å². The highest BCUT2D eigenvalue weighted by molar-refractivity contribution is 7.07. The number of rotatable bonds is 5. The van der Waals surface area contributed by atoms with Gasteiger partial charge in [-0.15, -0.1) is 0 Å². The maximum atomic E-state index is 12.9. The number of hydrogen-bond donors (Lipinski definition) is 0. The molecule has 3 heterocycles. The van der Waals surface area contributed by atoms with Crippen molar-refractivity contribution < 1.29 is 9.53 Å². The molecule has 7 heteroatoms. The van der Waals surface area contributed by atoms with E-state index in [0.717, 1.165) is 22.7 Å². The summed E-state index contributed by atoms with van der Waals surface area (Å²) in [5.74, 6) is 1.86. The maximum Gasteiger partial charge on any atom is 0.236 e. The Bertz CT molecular complexity index is 983. The van der Waals surface area contributed by atoms with E-state index in [1.165, 1.54) is 5.56 Å². The van der Waals surface area contributed by atoms with Gasteiger partial charge in [0.1, 0.15) is 17.7 Å².